The lowest BCUT2D eigenvalue weighted by molar-refractivity contribution is -0.140. The number of carbonyl (C=O) groups is 2. The molecule has 0 bridgehead atoms. The normalized spacial score (nSPS) is 10.8. The number of nitrogens with one attached hydrogen (secondary N) is 2. The first-order valence-electron chi connectivity index (χ1n) is 8.93. The second kappa shape index (κ2) is 11.3. The molecule has 158 valence electrons. The average Bonchev–Trinajstić information content (AvgIpc) is 2.74. The van der Waals surface area contributed by atoms with Crippen LogP contribution in [0.2, 0.25) is 0 Å². The monoisotopic (exact) mass is 447 g/mol. The lowest BCUT2D eigenvalue weighted by Gasteiger charge is -2.09. The molecular weight excluding hydrogens is 426 g/mol. The smallest absolute Gasteiger partial charge is 0.306 e. The summed E-state index contributed by atoms with van der Waals surface area (Å²) in [6.07, 6.45) is 0.359. The molecule has 2 aromatic rings. The molecule has 0 aliphatic rings. The Bertz CT molecular complexity index is 1030. The molecule has 0 atom stereocenters. The summed E-state index contributed by atoms with van der Waals surface area (Å²) < 4.78 is 31.1. The van der Waals surface area contributed by atoms with Crippen LogP contribution in [0, 0.1) is 11.3 Å². The van der Waals surface area contributed by atoms with Crippen LogP contribution in [0.15, 0.2) is 58.3 Å². The van der Waals surface area contributed by atoms with Gasteiger partial charge in [-0.15, -0.1) is 11.8 Å². The first-order valence-corrected chi connectivity index (χ1v) is 11.4. The number of anilines is 1. The summed E-state index contributed by atoms with van der Waals surface area (Å²) in [5, 5.41) is 11.3. The first kappa shape index (κ1) is 23.4. The zero-order chi connectivity index (χ0) is 22.0. The molecule has 0 fully saturated rings. The van der Waals surface area contributed by atoms with Crippen molar-refractivity contribution in [2.75, 3.05) is 24.7 Å². The molecule has 0 radical (unpaired) electrons. The number of nitrogens with zero attached hydrogens (tertiary/aromatic N) is 1. The van der Waals surface area contributed by atoms with Gasteiger partial charge in [0.15, 0.2) is 0 Å². The summed E-state index contributed by atoms with van der Waals surface area (Å²) in [5.41, 5.74) is 0.882. The molecule has 2 rings (SSSR count). The molecule has 0 aliphatic heterocycles. The van der Waals surface area contributed by atoms with Gasteiger partial charge in [-0.1, -0.05) is 6.07 Å². The third kappa shape index (κ3) is 7.18. The SMILES string of the molecule is COC(=O)CCSc1cccc(NC(=O)c2ccc(S(=O)(=O)NCCC#N)cc2)c1. The van der Waals surface area contributed by atoms with Crippen LogP contribution in [0.3, 0.4) is 0 Å². The first-order chi connectivity index (χ1) is 14.4. The maximum absolute atomic E-state index is 12.5. The number of thioether (sulfide) groups is 1. The van der Waals surface area contributed by atoms with Gasteiger partial charge >= 0.3 is 5.97 Å². The third-order valence-electron chi connectivity index (χ3n) is 3.85. The molecule has 0 aliphatic carbocycles. The van der Waals surface area contributed by atoms with E-state index in [4.69, 9.17) is 5.26 Å². The number of rotatable bonds is 10. The van der Waals surface area contributed by atoms with Crippen LogP contribution in [0.5, 0.6) is 0 Å². The molecule has 1 amide bonds. The van der Waals surface area contributed by atoms with Gasteiger partial charge in [-0.2, -0.15) is 5.26 Å². The van der Waals surface area contributed by atoms with Crippen molar-refractivity contribution in [2.45, 2.75) is 22.6 Å². The number of nitriles is 1. The number of carbonyl (C=O) groups excluding carboxylic acids is 2. The molecule has 0 aromatic heterocycles. The Morgan fingerprint density at radius 2 is 1.90 bits per heavy atom. The van der Waals surface area contributed by atoms with Crippen molar-refractivity contribution in [2.24, 2.45) is 0 Å². The van der Waals surface area contributed by atoms with Gasteiger partial charge in [-0.05, 0) is 42.5 Å². The highest BCUT2D eigenvalue weighted by atomic mass is 32.2. The van der Waals surface area contributed by atoms with E-state index in [-0.39, 0.29) is 29.7 Å². The Labute approximate surface area is 179 Å². The van der Waals surface area contributed by atoms with E-state index in [1.807, 2.05) is 12.1 Å². The summed E-state index contributed by atoms with van der Waals surface area (Å²) >= 11 is 1.47. The number of sulfonamides is 1. The second-order valence-corrected chi connectivity index (χ2v) is 8.92. The summed E-state index contributed by atoms with van der Waals surface area (Å²) in [6, 6.07) is 14.6. The van der Waals surface area contributed by atoms with Gasteiger partial charge in [0.2, 0.25) is 10.0 Å². The van der Waals surface area contributed by atoms with Gasteiger partial charge < -0.3 is 10.1 Å². The summed E-state index contributed by atoms with van der Waals surface area (Å²) in [5.74, 6) is -0.103. The largest absolute Gasteiger partial charge is 0.469 e. The average molecular weight is 448 g/mol. The van der Waals surface area contributed by atoms with E-state index in [1.165, 1.54) is 43.1 Å². The number of amides is 1. The molecule has 2 N–H and O–H groups in total. The second-order valence-electron chi connectivity index (χ2n) is 5.99. The molecule has 0 heterocycles. The molecule has 0 saturated heterocycles. The van der Waals surface area contributed by atoms with Gasteiger partial charge in [0.05, 0.1) is 24.5 Å². The van der Waals surface area contributed by atoms with E-state index in [0.29, 0.717) is 23.4 Å². The molecule has 30 heavy (non-hydrogen) atoms. The summed E-state index contributed by atoms with van der Waals surface area (Å²) in [7, 11) is -2.38. The summed E-state index contributed by atoms with van der Waals surface area (Å²) in [4.78, 5) is 24.5. The molecule has 0 spiro atoms. The van der Waals surface area contributed by atoms with Crippen molar-refractivity contribution >= 4 is 39.3 Å². The Morgan fingerprint density at radius 3 is 2.57 bits per heavy atom. The number of benzene rings is 2. The predicted molar refractivity (Wildman–Crippen MR) is 114 cm³/mol. The number of esters is 1. The topological polar surface area (TPSA) is 125 Å². The number of hydrogen-bond donors (Lipinski definition) is 2. The van der Waals surface area contributed by atoms with Crippen molar-refractivity contribution < 1.29 is 22.7 Å². The highest BCUT2D eigenvalue weighted by molar-refractivity contribution is 7.99. The van der Waals surface area contributed by atoms with Gasteiger partial charge in [0, 0.05) is 34.9 Å². The van der Waals surface area contributed by atoms with E-state index in [1.54, 1.807) is 18.2 Å². The number of methoxy groups -OCH3 is 1. The molecular formula is C20H21N3O5S2. The lowest BCUT2D eigenvalue weighted by atomic mass is 10.2. The third-order valence-corrected chi connectivity index (χ3v) is 6.32. The summed E-state index contributed by atoms with van der Waals surface area (Å²) in [6.45, 7) is 0.0229. The van der Waals surface area contributed by atoms with Crippen molar-refractivity contribution in [1.29, 1.82) is 5.26 Å². The van der Waals surface area contributed by atoms with Crippen LogP contribution in [0.1, 0.15) is 23.2 Å². The standard InChI is InChI=1S/C20H21N3O5S2/c1-28-19(24)10-13-29-17-5-2-4-16(14-17)23-20(25)15-6-8-18(9-7-15)30(26,27)22-12-3-11-21/h2,4-9,14,22H,3,10,12-13H2,1H3,(H,23,25). The number of hydrogen-bond acceptors (Lipinski definition) is 7. The minimum Gasteiger partial charge on any atom is -0.469 e. The maximum Gasteiger partial charge on any atom is 0.306 e. The van der Waals surface area contributed by atoms with Crippen LogP contribution in [0.4, 0.5) is 5.69 Å². The van der Waals surface area contributed by atoms with E-state index in [2.05, 4.69) is 14.8 Å². The van der Waals surface area contributed by atoms with E-state index in [9.17, 15) is 18.0 Å². The highest BCUT2D eigenvalue weighted by Crippen LogP contribution is 2.23. The van der Waals surface area contributed by atoms with Crippen LogP contribution in [-0.2, 0) is 19.6 Å². The Morgan fingerprint density at radius 1 is 1.17 bits per heavy atom. The maximum atomic E-state index is 12.5. The highest BCUT2D eigenvalue weighted by Gasteiger charge is 2.14. The fourth-order valence-electron chi connectivity index (χ4n) is 2.33. The quantitative estimate of drug-likeness (QED) is 0.326. The van der Waals surface area contributed by atoms with Crippen molar-refractivity contribution in [3.8, 4) is 6.07 Å². The zero-order valence-corrected chi connectivity index (χ0v) is 17.9. The van der Waals surface area contributed by atoms with Crippen LogP contribution < -0.4 is 10.0 Å². The Balaban J connectivity index is 1.98. The molecule has 0 saturated carbocycles. The van der Waals surface area contributed by atoms with Gasteiger partial charge in [0.25, 0.3) is 5.91 Å². The van der Waals surface area contributed by atoms with Crippen LogP contribution in [-0.4, -0.2) is 39.7 Å². The number of ether oxygens (including phenoxy) is 1. The van der Waals surface area contributed by atoms with Gasteiger partial charge in [-0.25, -0.2) is 13.1 Å². The predicted octanol–water partition coefficient (Wildman–Crippen LogP) is 2.79. The van der Waals surface area contributed by atoms with Crippen LogP contribution >= 0.6 is 11.8 Å². The Kier molecular flexibility index (Phi) is 8.86. The fraction of sp³-hybridized carbons (Fsp3) is 0.250. The molecule has 0 unspecified atom stereocenters. The van der Waals surface area contributed by atoms with Gasteiger partial charge in [-0.3, -0.25) is 9.59 Å². The molecule has 2 aromatic carbocycles. The van der Waals surface area contributed by atoms with Crippen molar-refractivity contribution in [1.82, 2.24) is 4.72 Å². The van der Waals surface area contributed by atoms with E-state index in [0.717, 1.165) is 4.90 Å². The Hall–Kier alpha value is -2.87. The van der Waals surface area contributed by atoms with E-state index < -0.39 is 10.0 Å². The van der Waals surface area contributed by atoms with Crippen LogP contribution in [0.25, 0.3) is 0 Å². The van der Waals surface area contributed by atoms with Gasteiger partial charge in [0.1, 0.15) is 0 Å². The molecule has 8 nitrogen and oxygen atoms in total. The van der Waals surface area contributed by atoms with Crippen molar-refractivity contribution in [3.05, 3.63) is 54.1 Å². The fourth-order valence-corrected chi connectivity index (χ4v) is 4.25. The van der Waals surface area contributed by atoms with Crippen molar-refractivity contribution in [3.63, 3.8) is 0 Å². The lowest BCUT2D eigenvalue weighted by Crippen LogP contribution is -2.24. The zero-order valence-electron chi connectivity index (χ0n) is 16.3. The minimum absolute atomic E-state index is 0.0148. The minimum atomic E-state index is -3.73. The van der Waals surface area contributed by atoms with E-state index >= 15 is 0 Å². The molecule has 10 heteroatoms.